The van der Waals surface area contributed by atoms with Crippen molar-refractivity contribution in [2.24, 2.45) is 0 Å². The predicted molar refractivity (Wildman–Crippen MR) is 95.7 cm³/mol. The van der Waals surface area contributed by atoms with Gasteiger partial charge in [-0.3, -0.25) is 4.79 Å². The number of aliphatic hydroxyl groups excluding tert-OH is 1. The van der Waals surface area contributed by atoms with Gasteiger partial charge in [0.05, 0.1) is 23.3 Å². The maximum absolute atomic E-state index is 11.6. The highest BCUT2D eigenvalue weighted by atomic mass is 32.2. The lowest BCUT2D eigenvalue weighted by atomic mass is 9.96. The van der Waals surface area contributed by atoms with Crippen LogP contribution in [0.15, 0.2) is 46.4 Å². The van der Waals surface area contributed by atoms with Crippen LogP contribution in [0.3, 0.4) is 0 Å². The van der Waals surface area contributed by atoms with Gasteiger partial charge in [0, 0.05) is 28.0 Å². The Morgan fingerprint density at radius 2 is 2.20 bits per heavy atom. The average molecular weight is 352 g/mol. The number of aliphatic hydroxyl groups is 1. The maximum Gasteiger partial charge on any atom is 0.310 e. The lowest BCUT2D eigenvalue weighted by Gasteiger charge is -2.35. The number of pyridine rings is 1. The van der Waals surface area contributed by atoms with E-state index in [4.69, 9.17) is 9.72 Å². The molecule has 6 heteroatoms. The lowest BCUT2D eigenvalue weighted by molar-refractivity contribution is -0.143. The number of carbonyl (C=O) groups excluding carboxylic acids is 1. The van der Waals surface area contributed by atoms with E-state index < -0.39 is 6.23 Å². The summed E-state index contributed by atoms with van der Waals surface area (Å²) >= 11 is 1.71. The number of cyclic esters (lactones) is 1. The monoisotopic (exact) mass is 352 g/mol. The summed E-state index contributed by atoms with van der Waals surface area (Å²) in [4.78, 5) is 19.7. The number of fused-ring (bicyclic) bond motifs is 4. The van der Waals surface area contributed by atoms with E-state index in [9.17, 15) is 9.90 Å². The fourth-order valence-corrected chi connectivity index (χ4v) is 4.68. The van der Waals surface area contributed by atoms with E-state index in [2.05, 4.69) is 12.3 Å². The fourth-order valence-electron chi connectivity index (χ4n) is 3.88. The molecule has 4 heterocycles. The van der Waals surface area contributed by atoms with Gasteiger partial charge in [0.15, 0.2) is 6.23 Å². The van der Waals surface area contributed by atoms with Crippen LogP contribution >= 0.6 is 11.8 Å². The molecule has 1 atom stereocenters. The Hall–Kier alpha value is -2.31. The van der Waals surface area contributed by atoms with Crippen LogP contribution in [0.5, 0.6) is 0 Å². The molecule has 25 heavy (non-hydrogen) atoms. The molecule has 1 aromatic carbocycles. The zero-order valence-corrected chi connectivity index (χ0v) is 14.5. The number of esters is 1. The summed E-state index contributed by atoms with van der Waals surface area (Å²) < 4.78 is 5.12. The van der Waals surface area contributed by atoms with Crippen molar-refractivity contribution in [2.45, 2.75) is 24.1 Å². The first-order chi connectivity index (χ1) is 12.2. The number of allylic oxidation sites excluding steroid dienone is 1. The summed E-state index contributed by atoms with van der Waals surface area (Å²) in [6.45, 7) is 0.776. The smallest absolute Gasteiger partial charge is 0.310 e. The minimum atomic E-state index is -0.768. The van der Waals surface area contributed by atoms with Crippen molar-refractivity contribution in [3.63, 3.8) is 0 Å². The van der Waals surface area contributed by atoms with Gasteiger partial charge >= 0.3 is 5.97 Å². The Balaban J connectivity index is 1.73. The first-order valence-electron chi connectivity index (χ1n) is 8.17. The fraction of sp³-hybridized carbons (Fsp3) is 0.263. The maximum atomic E-state index is 11.6. The molecule has 3 aliphatic rings. The van der Waals surface area contributed by atoms with E-state index in [1.54, 1.807) is 11.8 Å². The topological polar surface area (TPSA) is 62.7 Å². The molecule has 0 amide bonds. The molecule has 0 bridgehead atoms. The molecule has 0 radical (unpaired) electrons. The summed E-state index contributed by atoms with van der Waals surface area (Å²) in [6, 6.07) is 8.11. The van der Waals surface area contributed by atoms with Crippen LogP contribution in [0.1, 0.15) is 17.7 Å². The Bertz CT molecular complexity index is 996. The number of hydrogen-bond acceptors (Lipinski definition) is 6. The highest BCUT2D eigenvalue weighted by Gasteiger charge is 2.39. The standard InChI is InChI=1S/C19H16N2O3S/c1-25-18-11-4-2-3-5-14(11)20-17-12(18)8-21-15(17)6-10-7-16(22)24-9-13(10)19(21)23/h2-6,19,23H,7-9H2,1H3. The summed E-state index contributed by atoms with van der Waals surface area (Å²) in [5.74, 6) is -0.245. The number of thioether (sulfide) groups is 1. The van der Waals surface area contributed by atoms with Crippen molar-refractivity contribution in [3.05, 3.63) is 52.7 Å². The molecule has 3 aliphatic heterocycles. The highest BCUT2D eigenvalue weighted by Crippen LogP contribution is 2.45. The number of para-hydroxylation sites is 1. The van der Waals surface area contributed by atoms with Gasteiger partial charge in [-0.2, -0.15) is 0 Å². The van der Waals surface area contributed by atoms with Gasteiger partial charge in [0.1, 0.15) is 6.61 Å². The quantitative estimate of drug-likeness (QED) is 0.629. The normalized spacial score (nSPS) is 21.7. The average Bonchev–Trinajstić information content (AvgIpc) is 2.98. The molecule has 0 saturated heterocycles. The van der Waals surface area contributed by atoms with E-state index >= 15 is 0 Å². The number of aromatic nitrogens is 1. The van der Waals surface area contributed by atoms with Gasteiger partial charge in [0.25, 0.3) is 0 Å². The minimum Gasteiger partial charge on any atom is -0.461 e. The lowest BCUT2D eigenvalue weighted by Crippen LogP contribution is -2.38. The number of ether oxygens (including phenoxy) is 1. The third-order valence-corrected chi connectivity index (χ3v) is 5.95. The molecule has 0 fully saturated rings. The second-order valence-corrected chi connectivity index (χ2v) is 7.22. The minimum absolute atomic E-state index is 0.163. The third kappa shape index (κ3) is 2.07. The number of nitrogens with zero attached hydrogens (tertiary/aromatic N) is 2. The number of hydrogen-bond donors (Lipinski definition) is 1. The Morgan fingerprint density at radius 3 is 3.04 bits per heavy atom. The first kappa shape index (κ1) is 15.0. The van der Waals surface area contributed by atoms with Crippen molar-refractivity contribution in [2.75, 3.05) is 12.9 Å². The second kappa shape index (κ2) is 5.34. The Labute approximate surface area is 149 Å². The molecule has 2 aromatic rings. The van der Waals surface area contributed by atoms with E-state index in [1.165, 1.54) is 4.90 Å². The molecular weight excluding hydrogens is 336 g/mol. The Kier molecular flexibility index (Phi) is 3.20. The van der Waals surface area contributed by atoms with E-state index in [-0.39, 0.29) is 19.0 Å². The Morgan fingerprint density at radius 1 is 1.36 bits per heavy atom. The van der Waals surface area contributed by atoms with Crippen LogP contribution in [0.25, 0.3) is 16.6 Å². The first-order valence-corrected chi connectivity index (χ1v) is 9.40. The zero-order chi connectivity index (χ0) is 17.1. The third-order valence-electron chi connectivity index (χ3n) is 5.08. The van der Waals surface area contributed by atoms with Crippen LogP contribution in [0.4, 0.5) is 0 Å². The van der Waals surface area contributed by atoms with Crippen LogP contribution < -0.4 is 0 Å². The summed E-state index contributed by atoms with van der Waals surface area (Å²) in [6.07, 6.45) is 3.51. The molecule has 0 spiro atoms. The molecule has 1 N–H and O–H groups in total. The van der Waals surface area contributed by atoms with Crippen LogP contribution in [-0.2, 0) is 16.1 Å². The SMILES string of the molecule is CSc1c2c(nc3ccccc13)C1=CC3=C(COC(=O)C3)C(O)N1C2. The highest BCUT2D eigenvalue weighted by molar-refractivity contribution is 7.98. The second-order valence-electron chi connectivity index (χ2n) is 6.41. The van der Waals surface area contributed by atoms with Crippen LogP contribution in [0.2, 0.25) is 0 Å². The molecular formula is C19H16N2O3S. The molecule has 0 aliphatic carbocycles. The molecule has 5 rings (SSSR count). The summed E-state index contributed by atoms with van der Waals surface area (Å²) in [5, 5.41) is 12.0. The molecule has 126 valence electrons. The summed E-state index contributed by atoms with van der Waals surface area (Å²) in [7, 11) is 0. The van der Waals surface area contributed by atoms with Crippen LogP contribution in [0, 0.1) is 0 Å². The predicted octanol–water partition coefficient (Wildman–Crippen LogP) is 2.69. The van der Waals surface area contributed by atoms with Gasteiger partial charge in [-0.05, 0) is 24.0 Å². The van der Waals surface area contributed by atoms with Crippen molar-refractivity contribution in [1.29, 1.82) is 0 Å². The van der Waals surface area contributed by atoms with Crippen molar-refractivity contribution in [3.8, 4) is 0 Å². The van der Waals surface area contributed by atoms with Gasteiger partial charge in [0.2, 0.25) is 0 Å². The molecule has 1 unspecified atom stereocenters. The van der Waals surface area contributed by atoms with Crippen LogP contribution in [-0.4, -0.2) is 40.1 Å². The van der Waals surface area contributed by atoms with Gasteiger partial charge in [-0.25, -0.2) is 4.98 Å². The van der Waals surface area contributed by atoms with Gasteiger partial charge in [-0.1, -0.05) is 18.2 Å². The largest absolute Gasteiger partial charge is 0.461 e. The van der Waals surface area contributed by atoms with Gasteiger partial charge in [-0.15, -0.1) is 11.8 Å². The van der Waals surface area contributed by atoms with E-state index in [0.29, 0.717) is 6.54 Å². The van der Waals surface area contributed by atoms with E-state index in [0.717, 1.165) is 39.0 Å². The number of benzene rings is 1. The van der Waals surface area contributed by atoms with Crippen molar-refractivity contribution >= 4 is 34.3 Å². The van der Waals surface area contributed by atoms with E-state index in [1.807, 2.05) is 29.2 Å². The molecule has 5 nitrogen and oxygen atoms in total. The summed E-state index contributed by atoms with van der Waals surface area (Å²) in [5.41, 5.74) is 5.55. The van der Waals surface area contributed by atoms with Crippen molar-refractivity contribution in [1.82, 2.24) is 9.88 Å². The van der Waals surface area contributed by atoms with Gasteiger partial charge < -0.3 is 14.7 Å². The number of rotatable bonds is 1. The molecule has 0 saturated carbocycles. The zero-order valence-electron chi connectivity index (χ0n) is 13.7. The van der Waals surface area contributed by atoms with Crippen molar-refractivity contribution < 1.29 is 14.6 Å². The number of carbonyl (C=O) groups is 1. The molecule has 1 aromatic heterocycles.